The first-order valence-corrected chi connectivity index (χ1v) is 4.92. The Balaban J connectivity index is 2.57. The zero-order valence-corrected chi connectivity index (χ0v) is 8.32. The molecule has 0 saturated heterocycles. The molecule has 1 heterocycles. The van der Waals surface area contributed by atoms with Gasteiger partial charge in [0.1, 0.15) is 0 Å². The molecule has 0 aromatic carbocycles. The first-order valence-electron chi connectivity index (χ1n) is 4.11. The molecular formula is C9H14N2S. The molecule has 0 aliphatic heterocycles. The van der Waals surface area contributed by atoms with E-state index < -0.39 is 0 Å². The summed E-state index contributed by atoms with van der Waals surface area (Å²) in [6, 6.07) is 0.494. The van der Waals surface area contributed by atoms with E-state index in [0.29, 0.717) is 6.04 Å². The van der Waals surface area contributed by atoms with Crippen LogP contribution in [0.2, 0.25) is 0 Å². The van der Waals surface area contributed by atoms with Gasteiger partial charge in [0.05, 0.1) is 0 Å². The fourth-order valence-electron chi connectivity index (χ4n) is 0.761. The van der Waals surface area contributed by atoms with Gasteiger partial charge < -0.3 is 5.32 Å². The van der Waals surface area contributed by atoms with Gasteiger partial charge in [-0.3, -0.25) is 0 Å². The molecule has 1 atom stereocenters. The monoisotopic (exact) mass is 182 g/mol. The van der Waals surface area contributed by atoms with Crippen molar-refractivity contribution in [2.75, 3.05) is 5.32 Å². The second-order valence-electron chi connectivity index (χ2n) is 2.73. The number of aromatic nitrogens is 1. The lowest BCUT2D eigenvalue weighted by Crippen LogP contribution is -2.12. The molecule has 3 heteroatoms. The van der Waals surface area contributed by atoms with Crippen LogP contribution in [0.5, 0.6) is 0 Å². The molecule has 0 bridgehead atoms. The quantitative estimate of drug-likeness (QED) is 0.774. The molecule has 0 spiro atoms. The van der Waals surface area contributed by atoms with Crippen molar-refractivity contribution in [3.63, 3.8) is 0 Å². The summed E-state index contributed by atoms with van der Waals surface area (Å²) in [5, 5.41) is 4.29. The minimum absolute atomic E-state index is 0.494. The van der Waals surface area contributed by atoms with Crippen LogP contribution in [0.4, 0.5) is 5.13 Å². The van der Waals surface area contributed by atoms with Crippen molar-refractivity contribution in [1.82, 2.24) is 4.98 Å². The minimum Gasteiger partial charge on any atom is -0.359 e. The predicted octanol–water partition coefficient (Wildman–Crippen LogP) is 3.00. The van der Waals surface area contributed by atoms with E-state index in [4.69, 9.17) is 0 Å². The maximum absolute atomic E-state index is 4.21. The van der Waals surface area contributed by atoms with Gasteiger partial charge >= 0.3 is 0 Å². The molecule has 0 unspecified atom stereocenters. The molecule has 0 aliphatic carbocycles. The fourth-order valence-corrected chi connectivity index (χ4v) is 1.54. The molecule has 2 nitrogen and oxygen atoms in total. The van der Waals surface area contributed by atoms with E-state index >= 15 is 0 Å². The molecule has 1 aromatic rings. The van der Waals surface area contributed by atoms with Crippen molar-refractivity contribution >= 4 is 22.5 Å². The smallest absolute Gasteiger partial charge is 0.183 e. The SMILES string of the molecule is C=Cc1cnc(N[C@H](C)CC)s1. The van der Waals surface area contributed by atoms with E-state index in [1.807, 2.05) is 12.3 Å². The third kappa shape index (κ3) is 2.34. The normalized spacial score (nSPS) is 12.5. The van der Waals surface area contributed by atoms with E-state index in [2.05, 4.69) is 30.7 Å². The summed E-state index contributed by atoms with van der Waals surface area (Å²) < 4.78 is 0. The summed E-state index contributed by atoms with van der Waals surface area (Å²) in [5.41, 5.74) is 0. The van der Waals surface area contributed by atoms with Gasteiger partial charge in [-0.15, -0.1) is 0 Å². The van der Waals surface area contributed by atoms with Crippen molar-refractivity contribution in [2.24, 2.45) is 0 Å². The van der Waals surface area contributed by atoms with Gasteiger partial charge in [-0.2, -0.15) is 0 Å². The second-order valence-corrected chi connectivity index (χ2v) is 3.79. The molecule has 0 amide bonds. The molecule has 1 rings (SSSR count). The number of hydrogen-bond acceptors (Lipinski definition) is 3. The Morgan fingerprint density at radius 3 is 3.08 bits per heavy atom. The summed E-state index contributed by atoms with van der Waals surface area (Å²) in [5.74, 6) is 0. The first-order chi connectivity index (χ1) is 5.76. The summed E-state index contributed by atoms with van der Waals surface area (Å²) in [7, 11) is 0. The number of hydrogen-bond donors (Lipinski definition) is 1. The van der Waals surface area contributed by atoms with E-state index in [1.165, 1.54) is 0 Å². The highest BCUT2D eigenvalue weighted by molar-refractivity contribution is 7.16. The van der Waals surface area contributed by atoms with Crippen LogP contribution in [0.25, 0.3) is 6.08 Å². The Bertz CT molecular complexity index is 255. The third-order valence-corrected chi connectivity index (χ3v) is 2.63. The highest BCUT2D eigenvalue weighted by Crippen LogP contribution is 2.19. The van der Waals surface area contributed by atoms with E-state index in [9.17, 15) is 0 Å². The minimum atomic E-state index is 0.494. The molecule has 1 aromatic heterocycles. The molecule has 66 valence electrons. The van der Waals surface area contributed by atoms with Gasteiger partial charge in [-0.1, -0.05) is 30.9 Å². The number of nitrogens with one attached hydrogen (secondary N) is 1. The molecule has 0 saturated carbocycles. The molecule has 12 heavy (non-hydrogen) atoms. The third-order valence-electron chi connectivity index (χ3n) is 1.71. The van der Waals surface area contributed by atoms with Crippen LogP contribution in [-0.2, 0) is 0 Å². The predicted molar refractivity (Wildman–Crippen MR) is 55.6 cm³/mol. The summed E-state index contributed by atoms with van der Waals surface area (Å²) in [4.78, 5) is 5.32. The standard InChI is InChI=1S/C9H14N2S/c1-4-7(3)11-9-10-6-8(5-2)12-9/h5-7H,2,4H2,1,3H3,(H,10,11)/t7-/m1/s1. The Morgan fingerprint density at radius 1 is 1.83 bits per heavy atom. The van der Waals surface area contributed by atoms with Crippen molar-refractivity contribution in [2.45, 2.75) is 26.3 Å². The van der Waals surface area contributed by atoms with Crippen LogP contribution in [0.1, 0.15) is 25.1 Å². The number of nitrogens with zero attached hydrogens (tertiary/aromatic N) is 1. The van der Waals surface area contributed by atoms with E-state index in [0.717, 1.165) is 16.4 Å². The van der Waals surface area contributed by atoms with Gasteiger partial charge in [0.25, 0.3) is 0 Å². The topological polar surface area (TPSA) is 24.9 Å². The van der Waals surface area contributed by atoms with E-state index in [1.54, 1.807) is 11.3 Å². The van der Waals surface area contributed by atoms with E-state index in [-0.39, 0.29) is 0 Å². The number of thiazole rings is 1. The summed E-state index contributed by atoms with van der Waals surface area (Å²) in [6.45, 7) is 7.99. The summed E-state index contributed by atoms with van der Waals surface area (Å²) >= 11 is 1.64. The van der Waals surface area contributed by atoms with Crippen LogP contribution < -0.4 is 5.32 Å². The fraction of sp³-hybridized carbons (Fsp3) is 0.444. The lowest BCUT2D eigenvalue weighted by Gasteiger charge is -2.08. The average Bonchev–Trinajstić information content (AvgIpc) is 2.52. The van der Waals surface area contributed by atoms with Crippen LogP contribution in [-0.4, -0.2) is 11.0 Å². The van der Waals surface area contributed by atoms with Gasteiger partial charge in [0.15, 0.2) is 5.13 Å². The van der Waals surface area contributed by atoms with Gasteiger partial charge in [-0.05, 0) is 13.3 Å². The largest absolute Gasteiger partial charge is 0.359 e. The van der Waals surface area contributed by atoms with Crippen molar-refractivity contribution in [3.8, 4) is 0 Å². The van der Waals surface area contributed by atoms with Crippen LogP contribution >= 0.6 is 11.3 Å². The zero-order valence-electron chi connectivity index (χ0n) is 7.50. The Morgan fingerprint density at radius 2 is 2.58 bits per heavy atom. The maximum atomic E-state index is 4.21. The second kappa shape index (κ2) is 4.26. The van der Waals surface area contributed by atoms with Crippen LogP contribution in [0.15, 0.2) is 12.8 Å². The zero-order chi connectivity index (χ0) is 8.97. The number of anilines is 1. The van der Waals surface area contributed by atoms with Gasteiger partial charge in [0.2, 0.25) is 0 Å². The molecule has 0 fully saturated rings. The highest BCUT2D eigenvalue weighted by Gasteiger charge is 2.01. The van der Waals surface area contributed by atoms with Gasteiger partial charge in [-0.25, -0.2) is 4.98 Å². The highest BCUT2D eigenvalue weighted by atomic mass is 32.1. The number of rotatable bonds is 4. The molecular weight excluding hydrogens is 168 g/mol. The maximum Gasteiger partial charge on any atom is 0.183 e. The molecule has 1 N–H and O–H groups in total. The molecule has 0 aliphatic rings. The first kappa shape index (κ1) is 9.26. The summed E-state index contributed by atoms with van der Waals surface area (Å²) in [6.07, 6.45) is 4.77. The average molecular weight is 182 g/mol. The van der Waals surface area contributed by atoms with Crippen molar-refractivity contribution < 1.29 is 0 Å². The van der Waals surface area contributed by atoms with Crippen molar-refractivity contribution in [1.29, 1.82) is 0 Å². The van der Waals surface area contributed by atoms with Crippen LogP contribution in [0, 0.1) is 0 Å². The van der Waals surface area contributed by atoms with Crippen LogP contribution in [0.3, 0.4) is 0 Å². The lowest BCUT2D eigenvalue weighted by molar-refractivity contribution is 0.763. The Labute approximate surface area is 77.3 Å². The van der Waals surface area contributed by atoms with Crippen molar-refractivity contribution in [3.05, 3.63) is 17.7 Å². The van der Waals surface area contributed by atoms with Gasteiger partial charge in [0, 0.05) is 17.1 Å². The lowest BCUT2D eigenvalue weighted by atomic mass is 10.3. The molecule has 0 radical (unpaired) electrons. The Hall–Kier alpha value is -0.830. The Kier molecular flexibility index (Phi) is 3.29.